The molecule has 2 aliphatic rings. The minimum atomic E-state index is -1.99. The second-order valence-corrected chi connectivity index (χ2v) is 10.1. The summed E-state index contributed by atoms with van der Waals surface area (Å²) in [6.45, 7) is 4.67. The maximum atomic E-state index is 10.5. The minimum Gasteiger partial charge on any atom is -0.494 e. The Morgan fingerprint density at radius 1 is 0.868 bits per heavy atom. The number of fused-ring (bicyclic) bond motifs is 2. The molecule has 7 heteroatoms. The number of nitrogens with zero attached hydrogens (tertiary/aromatic N) is 3. The van der Waals surface area contributed by atoms with Gasteiger partial charge in [0, 0.05) is 5.56 Å². The standard InChI is InChI=1S/C31H34N4O3/c1-3-5-6-7-8-12-19-36-25-17-15-23(16-18-25)27-29(20-32,21-33)30(22-34)26(4-2)31(37-27,38-28(30)35)24-13-10-9-11-14-24/h9-11,13-18,26-27,35H,3-8,12,19H2,1-2H3. The monoisotopic (exact) mass is 510 g/mol. The van der Waals surface area contributed by atoms with Crippen LogP contribution < -0.4 is 4.74 Å². The minimum absolute atomic E-state index is 0.369. The molecule has 2 heterocycles. The quantitative estimate of drug-likeness (QED) is 0.327. The Balaban J connectivity index is 1.67. The van der Waals surface area contributed by atoms with E-state index in [0.717, 1.165) is 12.8 Å². The molecule has 38 heavy (non-hydrogen) atoms. The van der Waals surface area contributed by atoms with Crippen molar-refractivity contribution in [2.75, 3.05) is 6.61 Å². The van der Waals surface area contributed by atoms with Gasteiger partial charge in [0.2, 0.25) is 17.1 Å². The number of hydrogen-bond donors (Lipinski definition) is 1. The van der Waals surface area contributed by atoms with Crippen molar-refractivity contribution in [2.45, 2.75) is 70.7 Å². The molecule has 2 bridgehead atoms. The molecular weight excluding hydrogens is 476 g/mol. The molecule has 0 amide bonds. The van der Waals surface area contributed by atoms with Crippen LogP contribution in [0.4, 0.5) is 0 Å². The Bertz CT molecular complexity index is 1240. The Morgan fingerprint density at radius 2 is 1.53 bits per heavy atom. The molecule has 7 nitrogen and oxygen atoms in total. The lowest BCUT2D eigenvalue weighted by Gasteiger charge is -2.49. The summed E-state index contributed by atoms with van der Waals surface area (Å²) in [4.78, 5) is 0. The van der Waals surface area contributed by atoms with E-state index >= 15 is 0 Å². The van der Waals surface area contributed by atoms with E-state index < -0.39 is 34.5 Å². The lowest BCUT2D eigenvalue weighted by Crippen LogP contribution is -2.58. The highest BCUT2D eigenvalue weighted by Crippen LogP contribution is 2.69. The first-order valence-corrected chi connectivity index (χ1v) is 13.5. The molecule has 0 radical (unpaired) electrons. The van der Waals surface area contributed by atoms with Crippen molar-refractivity contribution in [1.29, 1.82) is 21.2 Å². The summed E-state index contributed by atoms with van der Waals surface area (Å²) in [6.07, 6.45) is 6.29. The first-order chi connectivity index (χ1) is 18.5. The van der Waals surface area contributed by atoms with Gasteiger partial charge in [0.15, 0.2) is 5.41 Å². The van der Waals surface area contributed by atoms with Gasteiger partial charge in [-0.05, 0) is 30.5 Å². The van der Waals surface area contributed by atoms with Crippen LogP contribution in [0.1, 0.15) is 76.0 Å². The number of benzene rings is 2. The van der Waals surface area contributed by atoms with Crippen LogP contribution in [0.5, 0.6) is 5.75 Å². The number of nitriles is 3. The molecule has 2 saturated heterocycles. The zero-order valence-electron chi connectivity index (χ0n) is 22.1. The number of nitrogens with one attached hydrogen (secondary N) is 1. The molecule has 196 valence electrons. The summed E-state index contributed by atoms with van der Waals surface area (Å²) in [5.74, 6) is -1.92. The molecular formula is C31H34N4O3. The molecule has 4 atom stereocenters. The van der Waals surface area contributed by atoms with Gasteiger partial charge in [0.25, 0.3) is 0 Å². The van der Waals surface area contributed by atoms with Crippen molar-refractivity contribution in [3.05, 3.63) is 65.7 Å². The van der Waals surface area contributed by atoms with Crippen molar-refractivity contribution >= 4 is 5.90 Å². The van der Waals surface area contributed by atoms with Gasteiger partial charge < -0.3 is 14.2 Å². The zero-order chi connectivity index (χ0) is 27.2. The van der Waals surface area contributed by atoms with Crippen molar-refractivity contribution in [3.63, 3.8) is 0 Å². The third-order valence-corrected chi connectivity index (χ3v) is 7.96. The van der Waals surface area contributed by atoms with Crippen molar-refractivity contribution in [1.82, 2.24) is 0 Å². The number of hydrogen-bond acceptors (Lipinski definition) is 7. The van der Waals surface area contributed by atoms with E-state index in [1.165, 1.54) is 25.7 Å². The number of unbranched alkanes of at least 4 members (excludes halogenated alkanes) is 5. The highest BCUT2D eigenvalue weighted by atomic mass is 16.7. The Morgan fingerprint density at radius 3 is 2.13 bits per heavy atom. The van der Waals surface area contributed by atoms with Crippen molar-refractivity contribution in [3.8, 4) is 24.0 Å². The third kappa shape index (κ3) is 4.10. The molecule has 2 aromatic rings. The molecule has 2 aliphatic heterocycles. The van der Waals surface area contributed by atoms with Gasteiger partial charge in [-0.15, -0.1) is 0 Å². The first-order valence-electron chi connectivity index (χ1n) is 13.5. The fraction of sp³-hybridized carbons (Fsp3) is 0.484. The Hall–Kier alpha value is -3.86. The van der Waals surface area contributed by atoms with Gasteiger partial charge in [-0.3, -0.25) is 5.41 Å². The number of rotatable bonds is 11. The Kier molecular flexibility index (Phi) is 8.05. The summed E-state index contributed by atoms with van der Waals surface area (Å²) in [6, 6.07) is 22.7. The van der Waals surface area contributed by atoms with Gasteiger partial charge >= 0.3 is 0 Å². The molecule has 4 unspecified atom stereocenters. The van der Waals surface area contributed by atoms with E-state index in [-0.39, 0.29) is 0 Å². The molecule has 0 saturated carbocycles. The predicted molar refractivity (Wildman–Crippen MR) is 142 cm³/mol. The zero-order valence-corrected chi connectivity index (χ0v) is 22.1. The summed E-state index contributed by atoms with van der Waals surface area (Å²) < 4.78 is 18.6. The van der Waals surface area contributed by atoms with Crippen LogP contribution >= 0.6 is 0 Å². The van der Waals surface area contributed by atoms with E-state index in [1.54, 1.807) is 24.3 Å². The lowest BCUT2D eigenvalue weighted by atomic mass is 9.52. The summed E-state index contributed by atoms with van der Waals surface area (Å²) in [5.41, 5.74) is -2.61. The van der Waals surface area contributed by atoms with E-state index in [9.17, 15) is 15.8 Å². The van der Waals surface area contributed by atoms with Gasteiger partial charge in [-0.25, -0.2) is 0 Å². The second kappa shape index (κ2) is 11.3. The van der Waals surface area contributed by atoms with E-state index in [0.29, 0.717) is 29.9 Å². The van der Waals surface area contributed by atoms with Gasteiger partial charge in [-0.2, -0.15) is 15.8 Å². The van der Waals surface area contributed by atoms with Crippen molar-refractivity contribution < 1.29 is 14.2 Å². The van der Waals surface area contributed by atoms with E-state index in [1.807, 2.05) is 37.3 Å². The van der Waals surface area contributed by atoms with Crippen molar-refractivity contribution in [2.24, 2.45) is 16.7 Å². The SMILES string of the molecule is CCCCCCCCOc1ccc(C2OC3(c4ccccc4)OC(=N)C(C#N)(C3CC)C2(C#N)C#N)cc1. The maximum Gasteiger partial charge on any atom is 0.244 e. The summed E-state index contributed by atoms with van der Waals surface area (Å²) in [5, 5.41) is 40.3. The van der Waals surface area contributed by atoms with Crippen LogP contribution in [0.15, 0.2) is 54.6 Å². The highest BCUT2D eigenvalue weighted by Gasteiger charge is 2.80. The largest absolute Gasteiger partial charge is 0.494 e. The molecule has 0 aliphatic carbocycles. The second-order valence-electron chi connectivity index (χ2n) is 10.1. The average Bonchev–Trinajstić information content (AvgIpc) is 3.16. The normalized spacial score (nSPS) is 27.0. The van der Waals surface area contributed by atoms with Gasteiger partial charge in [0.05, 0.1) is 30.7 Å². The van der Waals surface area contributed by atoms with E-state index in [4.69, 9.17) is 19.6 Å². The molecule has 2 aromatic carbocycles. The first kappa shape index (κ1) is 27.2. The smallest absolute Gasteiger partial charge is 0.244 e. The van der Waals surface area contributed by atoms with Crippen LogP contribution in [0.3, 0.4) is 0 Å². The summed E-state index contributed by atoms with van der Waals surface area (Å²) in [7, 11) is 0. The highest BCUT2D eigenvalue weighted by molar-refractivity contribution is 5.89. The average molecular weight is 511 g/mol. The molecule has 2 fully saturated rings. The molecule has 1 N–H and O–H groups in total. The number of ether oxygens (including phenoxy) is 3. The topological polar surface area (TPSA) is 123 Å². The molecule has 0 aromatic heterocycles. The molecule has 4 rings (SSSR count). The Labute approximate surface area is 225 Å². The predicted octanol–water partition coefficient (Wildman–Crippen LogP) is 6.93. The van der Waals surface area contributed by atoms with Crippen LogP contribution in [-0.2, 0) is 15.3 Å². The van der Waals surface area contributed by atoms with Crippen LogP contribution in [0.25, 0.3) is 0 Å². The van der Waals surface area contributed by atoms with Crippen LogP contribution in [0.2, 0.25) is 0 Å². The maximum absolute atomic E-state index is 10.5. The molecule has 0 spiro atoms. The third-order valence-electron chi connectivity index (χ3n) is 7.96. The fourth-order valence-electron chi connectivity index (χ4n) is 6.02. The fourth-order valence-corrected chi connectivity index (χ4v) is 6.02. The summed E-state index contributed by atoms with van der Waals surface area (Å²) >= 11 is 0. The lowest BCUT2D eigenvalue weighted by molar-refractivity contribution is -0.292. The van der Waals surface area contributed by atoms with Crippen LogP contribution in [0, 0.1) is 56.2 Å². The van der Waals surface area contributed by atoms with Gasteiger partial charge in [-0.1, -0.05) is 88.4 Å². The van der Waals surface area contributed by atoms with Gasteiger partial charge in [0.1, 0.15) is 11.9 Å². The van der Waals surface area contributed by atoms with Crippen LogP contribution in [-0.4, -0.2) is 12.5 Å². The van der Waals surface area contributed by atoms with E-state index in [2.05, 4.69) is 25.1 Å².